The minimum Gasteiger partial charge on any atom is -0.465 e. The van der Waals surface area contributed by atoms with Crippen molar-refractivity contribution in [2.45, 2.75) is 26.9 Å². The Bertz CT molecular complexity index is 842. The van der Waals surface area contributed by atoms with Gasteiger partial charge in [-0.15, -0.1) is 0 Å². The van der Waals surface area contributed by atoms with E-state index in [2.05, 4.69) is 26.2 Å². The lowest BCUT2D eigenvalue weighted by molar-refractivity contribution is -0.123. The summed E-state index contributed by atoms with van der Waals surface area (Å²) in [6, 6.07) is 7.01. The molecule has 0 bridgehead atoms. The van der Waals surface area contributed by atoms with Crippen LogP contribution in [0.4, 0.5) is 5.69 Å². The average molecular weight is 423 g/mol. The zero-order valence-electron chi connectivity index (χ0n) is 14.8. The minimum absolute atomic E-state index is 0.117. The van der Waals surface area contributed by atoms with Crippen molar-refractivity contribution in [1.29, 1.82) is 0 Å². The van der Waals surface area contributed by atoms with Crippen LogP contribution in [0.25, 0.3) is 0 Å². The number of aryl methyl sites for hydroxylation is 1. The molecule has 2 aromatic rings. The predicted molar refractivity (Wildman–Crippen MR) is 99.3 cm³/mol. The highest BCUT2D eigenvalue weighted by Crippen LogP contribution is 2.20. The molecule has 0 aliphatic heterocycles. The van der Waals surface area contributed by atoms with Crippen LogP contribution in [0.3, 0.4) is 0 Å². The predicted octanol–water partition coefficient (Wildman–Crippen LogP) is 3.36. The van der Waals surface area contributed by atoms with Crippen molar-refractivity contribution in [1.82, 2.24) is 4.98 Å². The number of amides is 1. The van der Waals surface area contributed by atoms with Crippen molar-refractivity contribution < 1.29 is 23.9 Å². The molecule has 1 aromatic heterocycles. The van der Waals surface area contributed by atoms with Gasteiger partial charge < -0.3 is 19.8 Å². The van der Waals surface area contributed by atoms with Gasteiger partial charge in [-0.2, -0.15) is 0 Å². The van der Waals surface area contributed by atoms with Gasteiger partial charge in [0.1, 0.15) is 5.69 Å². The molecule has 138 valence electrons. The fourth-order valence-corrected chi connectivity index (χ4v) is 2.68. The molecule has 1 atom stereocenters. The molecule has 8 heteroatoms. The maximum Gasteiger partial charge on any atom is 0.355 e. The third-order valence-corrected chi connectivity index (χ3v) is 4.32. The van der Waals surface area contributed by atoms with Gasteiger partial charge in [0.05, 0.1) is 12.7 Å². The van der Waals surface area contributed by atoms with E-state index >= 15 is 0 Å². The molecule has 26 heavy (non-hydrogen) atoms. The summed E-state index contributed by atoms with van der Waals surface area (Å²) in [6.45, 7) is 4.73. The highest BCUT2D eigenvalue weighted by molar-refractivity contribution is 9.10. The summed E-state index contributed by atoms with van der Waals surface area (Å²) < 4.78 is 10.8. The molecule has 1 aromatic carbocycles. The van der Waals surface area contributed by atoms with Crippen LogP contribution in [0, 0.1) is 13.8 Å². The Morgan fingerprint density at radius 3 is 2.31 bits per heavy atom. The van der Waals surface area contributed by atoms with Crippen LogP contribution >= 0.6 is 15.9 Å². The number of anilines is 1. The first-order chi connectivity index (χ1) is 12.2. The number of halogens is 1. The van der Waals surface area contributed by atoms with Gasteiger partial charge in [0.25, 0.3) is 5.91 Å². The SMILES string of the molecule is COC(=O)c1c(C)[nH]c(C(=O)OC(C)C(=O)Nc2ccc(Br)cc2)c1C. The number of carbonyl (C=O) groups is 3. The third kappa shape index (κ3) is 4.32. The third-order valence-electron chi connectivity index (χ3n) is 3.80. The molecule has 7 nitrogen and oxygen atoms in total. The number of esters is 2. The zero-order valence-corrected chi connectivity index (χ0v) is 16.4. The van der Waals surface area contributed by atoms with E-state index in [1.165, 1.54) is 14.0 Å². The Balaban J connectivity index is 2.08. The molecule has 0 spiro atoms. The second-order valence-electron chi connectivity index (χ2n) is 5.66. The molecule has 0 fully saturated rings. The number of hydrogen-bond donors (Lipinski definition) is 2. The average Bonchev–Trinajstić information content (AvgIpc) is 2.90. The molecule has 0 aliphatic carbocycles. The lowest BCUT2D eigenvalue weighted by Gasteiger charge is -2.13. The first kappa shape index (κ1) is 19.7. The van der Waals surface area contributed by atoms with Crippen LogP contribution in [0.1, 0.15) is 39.0 Å². The van der Waals surface area contributed by atoms with Gasteiger partial charge in [-0.3, -0.25) is 4.79 Å². The molecule has 2 rings (SSSR count). The van der Waals surface area contributed by atoms with E-state index in [4.69, 9.17) is 9.47 Å². The molecule has 0 aliphatic rings. The van der Waals surface area contributed by atoms with Gasteiger partial charge >= 0.3 is 11.9 Å². The Morgan fingerprint density at radius 2 is 1.73 bits per heavy atom. The lowest BCUT2D eigenvalue weighted by atomic mass is 10.1. The van der Waals surface area contributed by atoms with Crippen molar-refractivity contribution in [3.05, 3.63) is 51.3 Å². The molecule has 1 heterocycles. The number of aromatic amines is 1. The number of ether oxygens (including phenoxy) is 2. The summed E-state index contributed by atoms with van der Waals surface area (Å²) in [4.78, 5) is 39.2. The van der Waals surface area contributed by atoms with Crippen molar-refractivity contribution in [2.75, 3.05) is 12.4 Å². The zero-order chi connectivity index (χ0) is 19.4. The Labute approximate surface area is 159 Å². The Morgan fingerprint density at radius 1 is 1.12 bits per heavy atom. The first-order valence-corrected chi connectivity index (χ1v) is 8.58. The maximum absolute atomic E-state index is 12.4. The summed E-state index contributed by atoms with van der Waals surface area (Å²) in [5.74, 6) is -1.73. The van der Waals surface area contributed by atoms with Crippen LogP contribution < -0.4 is 5.32 Å². The minimum atomic E-state index is -1.02. The van der Waals surface area contributed by atoms with Gasteiger partial charge in [0.2, 0.25) is 0 Å². The van der Waals surface area contributed by atoms with E-state index in [1.807, 2.05) is 0 Å². The van der Waals surface area contributed by atoms with Crippen LogP contribution in [-0.4, -0.2) is 36.0 Å². The van der Waals surface area contributed by atoms with Gasteiger partial charge in [0, 0.05) is 15.9 Å². The normalized spacial score (nSPS) is 11.6. The summed E-state index contributed by atoms with van der Waals surface area (Å²) in [5.41, 5.74) is 1.90. The topological polar surface area (TPSA) is 97.5 Å². The highest BCUT2D eigenvalue weighted by Gasteiger charge is 2.26. The van der Waals surface area contributed by atoms with E-state index in [0.29, 0.717) is 16.9 Å². The van der Waals surface area contributed by atoms with Crippen LogP contribution in [0.5, 0.6) is 0 Å². The van der Waals surface area contributed by atoms with Gasteiger partial charge in [-0.05, 0) is 50.6 Å². The molecular weight excluding hydrogens is 404 g/mol. The van der Waals surface area contributed by atoms with E-state index in [9.17, 15) is 14.4 Å². The molecule has 1 unspecified atom stereocenters. The van der Waals surface area contributed by atoms with Gasteiger partial charge in [-0.25, -0.2) is 9.59 Å². The van der Waals surface area contributed by atoms with Gasteiger partial charge in [0.15, 0.2) is 6.10 Å². The number of hydrogen-bond acceptors (Lipinski definition) is 5. The second kappa shape index (κ2) is 8.18. The number of aromatic nitrogens is 1. The van der Waals surface area contributed by atoms with E-state index in [1.54, 1.807) is 38.1 Å². The number of H-pyrrole nitrogens is 1. The number of methoxy groups -OCH3 is 1. The van der Waals surface area contributed by atoms with Crippen molar-refractivity contribution in [3.8, 4) is 0 Å². The van der Waals surface area contributed by atoms with Crippen LogP contribution in [0.15, 0.2) is 28.7 Å². The smallest absolute Gasteiger partial charge is 0.355 e. The molecule has 0 saturated heterocycles. The summed E-state index contributed by atoms with van der Waals surface area (Å²) in [6.07, 6.45) is -1.02. The molecule has 2 N–H and O–H groups in total. The number of benzene rings is 1. The van der Waals surface area contributed by atoms with Crippen molar-refractivity contribution in [2.24, 2.45) is 0 Å². The highest BCUT2D eigenvalue weighted by atomic mass is 79.9. The fraction of sp³-hybridized carbons (Fsp3) is 0.278. The standard InChI is InChI=1S/C18H19BrN2O5/c1-9-14(17(23)25-4)10(2)20-15(9)18(24)26-11(3)16(22)21-13-7-5-12(19)6-8-13/h5-8,11,20H,1-4H3,(H,21,22). The monoisotopic (exact) mass is 422 g/mol. The number of carbonyl (C=O) groups excluding carboxylic acids is 3. The quantitative estimate of drug-likeness (QED) is 0.719. The van der Waals surface area contributed by atoms with E-state index in [-0.39, 0.29) is 11.3 Å². The summed E-state index contributed by atoms with van der Waals surface area (Å²) in [7, 11) is 1.26. The molecular formula is C18H19BrN2O5. The second-order valence-corrected chi connectivity index (χ2v) is 6.58. The van der Waals surface area contributed by atoms with E-state index in [0.717, 1.165) is 4.47 Å². The van der Waals surface area contributed by atoms with E-state index < -0.39 is 23.9 Å². The molecule has 1 amide bonds. The van der Waals surface area contributed by atoms with Gasteiger partial charge in [-0.1, -0.05) is 15.9 Å². The van der Waals surface area contributed by atoms with Crippen molar-refractivity contribution >= 4 is 39.5 Å². The Hall–Kier alpha value is -2.61. The summed E-state index contributed by atoms with van der Waals surface area (Å²) >= 11 is 3.31. The number of rotatable bonds is 5. The first-order valence-electron chi connectivity index (χ1n) is 7.79. The summed E-state index contributed by atoms with van der Waals surface area (Å²) in [5, 5.41) is 2.66. The molecule has 0 radical (unpaired) electrons. The number of nitrogens with one attached hydrogen (secondary N) is 2. The van der Waals surface area contributed by atoms with Crippen molar-refractivity contribution in [3.63, 3.8) is 0 Å². The fourth-order valence-electron chi connectivity index (χ4n) is 2.41. The largest absolute Gasteiger partial charge is 0.465 e. The molecule has 0 saturated carbocycles. The lowest BCUT2D eigenvalue weighted by Crippen LogP contribution is -2.30. The maximum atomic E-state index is 12.4. The van der Waals surface area contributed by atoms with Crippen LogP contribution in [-0.2, 0) is 14.3 Å². The van der Waals surface area contributed by atoms with Crippen LogP contribution in [0.2, 0.25) is 0 Å². The Kier molecular flexibility index (Phi) is 6.20.